The summed E-state index contributed by atoms with van der Waals surface area (Å²) in [6.07, 6.45) is 0.750. The van der Waals surface area contributed by atoms with Gasteiger partial charge in [0.2, 0.25) is 5.78 Å². The maximum absolute atomic E-state index is 12.4. The molecule has 1 heterocycles. The molecule has 13 heavy (non-hydrogen) atoms. The maximum atomic E-state index is 12.4. The molecule has 1 aromatic heterocycles. The van der Waals surface area contributed by atoms with E-state index in [0.717, 1.165) is 6.33 Å². The minimum Gasteiger partial charge on any atom is -0.290 e. The first-order valence-corrected chi connectivity index (χ1v) is 3.38. The van der Waals surface area contributed by atoms with Crippen molar-refractivity contribution in [2.45, 2.75) is 12.3 Å². The Morgan fingerprint density at radius 1 is 1.69 bits per heavy atom. The van der Waals surface area contributed by atoms with Crippen LogP contribution in [-0.2, 0) is 0 Å². The average Bonchev–Trinajstić information content (AvgIpc) is 2.56. The van der Waals surface area contributed by atoms with Crippen molar-refractivity contribution in [3.05, 3.63) is 12.2 Å². The summed E-state index contributed by atoms with van der Waals surface area (Å²) in [6.45, 7) is 0. The third-order valence-electron chi connectivity index (χ3n) is 1.79. The minimum absolute atomic E-state index is 0. The molecule has 1 fully saturated rings. The molecule has 0 aliphatic heterocycles. The monoisotopic (exact) mass is 213 g/mol. The minimum atomic E-state index is -2.83. The number of carbonyl (C=O) groups excluding carboxylic acids is 1. The molecule has 0 aromatic carbocycles. The smallest absolute Gasteiger partial charge is 0.259 e. The summed E-state index contributed by atoms with van der Waals surface area (Å²) >= 11 is 0. The van der Waals surface area contributed by atoms with Gasteiger partial charge >= 0.3 is 0 Å². The molecule has 0 amide bonds. The zero-order chi connectivity index (χ0) is 8.77. The molecule has 0 bridgehead atoms. The van der Waals surface area contributed by atoms with Crippen molar-refractivity contribution in [3.63, 3.8) is 0 Å². The summed E-state index contributed by atoms with van der Waals surface area (Å²) in [7, 11) is 0. The van der Waals surface area contributed by atoms with Crippen molar-refractivity contribution >= 4 is 5.78 Å². The quantitative estimate of drug-likeness (QED) is 0.733. The fourth-order valence-electron chi connectivity index (χ4n) is 0.987. The summed E-state index contributed by atoms with van der Waals surface area (Å²) in [5.41, 5.74) is 0. The molecule has 2 rings (SSSR count). The molecule has 1 aliphatic carbocycles. The molecular weight excluding hydrogens is 208 g/mol. The Kier molecular flexibility index (Phi) is 3.04. The Bertz CT molecular complexity index is 314. The zero-order valence-electron chi connectivity index (χ0n) is 6.27. The number of nitrogens with zero attached hydrogens (tertiary/aromatic N) is 2. The third kappa shape index (κ3) is 2.05. The van der Waals surface area contributed by atoms with E-state index in [4.69, 9.17) is 0 Å². The Labute approximate surface area is 102 Å². The van der Waals surface area contributed by atoms with Crippen LogP contribution in [0.2, 0.25) is 0 Å². The van der Waals surface area contributed by atoms with Crippen LogP contribution in [0, 0.1) is 43.7 Å². The number of Topliss-reactive ketones (excluding diaryl/α,β-unsaturated/α-hetero) is 1. The number of halogens is 2. The summed E-state index contributed by atoms with van der Waals surface area (Å²) in [6, 6.07) is 0. The average molecular weight is 213 g/mol. The molecule has 0 saturated heterocycles. The van der Waals surface area contributed by atoms with E-state index in [1.165, 1.54) is 0 Å². The topological polar surface area (TPSA) is 58.6 Å². The Balaban J connectivity index is 0.000000845. The Hall–Kier alpha value is -0.0703. The molecule has 72 valence electrons. The van der Waals surface area contributed by atoms with Gasteiger partial charge in [-0.3, -0.25) is 9.89 Å². The summed E-state index contributed by atoms with van der Waals surface area (Å²) in [5.74, 6) is -4.76. The first kappa shape index (κ1) is 11.0. The molecule has 1 atom stereocenters. The normalized spacial score (nSPS) is 23.4. The van der Waals surface area contributed by atoms with Crippen molar-refractivity contribution in [1.29, 1.82) is 0 Å². The van der Waals surface area contributed by atoms with Gasteiger partial charge < -0.3 is 0 Å². The fourth-order valence-corrected chi connectivity index (χ4v) is 0.987. The zero-order valence-corrected chi connectivity index (χ0v) is 6.98. The molecular formula is C6H5ArF2N3O. The van der Waals surface area contributed by atoms with E-state index in [9.17, 15) is 13.6 Å². The van der Waals surface area contributed by atoms with Crippen LogP contribution in [0.15, 0.2) is 6.33 Å². The molecule has 0 spiro atoms. The van der Waals surface area contributed by atoms with Gasteiger partial charge in [0.1, 0.15) is 6.33 Å². The number of rotatable bonds is 2. The van der Waals surface area contributed by atoms with Crippen molar-refractivity contribution in [2.75, 3.05) is 0 Å². The molecule has 1 aromatic rings. The van der Waals surface area contributed by atoms with Crippen LogP contribution < -0.4 is 0 Å². The molecule has 1 unspecified atom stereocenters. The summed E-state index contributed by atoms with van der Waals surface area (Å²) in [5, 5.41) is 5.65. The number of hydrogen-bond donors (Lipinski definition) is 1. The van der Waals surface area contributed by atoms with Crippen molar-refractivity contribution in [1.82, 2.24) is 15.2 Å². The molecule has 1 N–H and O–H groups in total. The van der Waals surface area contributed by atoms with E-state index >= 15 is 0 Å². The van der Waals surface area contributed by atoms with Gasteiger partial charge in [0.05, 0.1) is 5.92 Å². The number of H-pyrrole nitrogens is 1. The number of hydrogen-bond acceptors (Lipinski definition) is 3. The first-order chi connectivity index (χ1) is 5.61. The largest absolute Gasteiger partial charge is 0.290 e. The third-order valence-corrected chi connectivity index (χ3v) is 1.79. The van der Waals surface area contributed by atoms with Crippen LogP contribution in [0.25, 0.3) is 0 Å². The van der Waals surface area contributed by atoms with Gasteiger partial charge in [0, 0.05) is 44.2 Å². The van der Waals surface area contributed by atoms with Gasteiger partial charge in [-0.1, -0.05) is 0 Å². The van der Waals surface area contributed by atoms with E-state index < -0.39 is 17.6 Å². The van der Waals surface area contributed by atoms with Gasteiger partial charge in [0.25, 0.3) is 5.92 Å². The van der Waals surface area contributed by atoms with Crippen LogP contribution in [0.1, 0.15) is 17.0 Å². The van der Waals surface area contributed by atoms with Crippen LogP contribution in [0.5, 0.6) is 0 Å². The van der Waals surface area contributed by atoms with Crippen LogP contribution in [0.3, 0.4) is 0 Å². The number of aromatic nitrogens is 3. The summed E-state index contributed by atoms with van der Waals surface area (Å²) in [4.78, 5) is 14.6. The molecule has 7 heteroatoms. The van der Waals surface area contributed by atoms with Crippen LogP contribution in [-0.4, -0.2) is 26.9 Å². The van der Waals surface area contributed by atoms with Gasteiger partial charge in [-0.05, 0) is 0 Å². The number of ketones is 1. The van der Waals surface area contributed by atoms with Gasteiger partial charge in [-0.2, -0.15) is 5.10 Å². The second kappa shape index (κ2) is 3.59. The number of nitrogens with one attached hydrogen (secondary N) is 1. The number of alkyl halides is 2. The van der Waals surface area contributed by atoms with E-state index in [1.54, 1.807) is 0 Å². The van der Waals surface area contributed by atoms with E-state index in [-0.39, 0.29) is 50.0 Å². The van der Waals surface area contributed by atoms with Crippen LogP contribution in [0.4, 0.5) is 8.78 Å². The van der Waals surface area contributed by atoms with Crippen LogP contribution >= 0.6 is 0 Å². The SMILES string of the molecule is O=C(c1ncn[nH]1)C1CC1(F)F.[Ar]. The van der Waals surface area contributed by atoms with Gasteiger partial charge in [-0.15, -0.1) is 0 Å². The van der Waals surface area contributed by atoms with E-state index in [2.05, 4.69) is 15.2 Å². The van der Waals surface area contributed by atoms with E-state index in [1.807, 2.05) is 0 Å². The second-order valence-corrected chi connectivity index (χ2v) is 2.72. The van der Waals surface area contributed by atoms with Crippen molar-refractivity contribution in [2.24, 2.45) is 5.92 Å². The second-order valence-electron chi connectivity index (χ2n) is 2.72. The number of carbonyl (C=O) groups is 1. The summed E-state index contributed by atoms with van der Waals surface area (Å²) < 4.78 is 24.7. The molecule has 4 nitrogen and oxygen atoms in total. The van der Waals surface area contributed by atoms with Crippen molar-refractivity contribution in [3.8, 4) is 0 Å². The molecule has 0 radical (unpaired) electrons. The first-order valence-electron chi connectivity index (χ1n) is 3.38. The van der Waals surface area contributed by atoms with Crippen molar-refractivity contribution < 1.29 is 51.3 Å². The molecule has 1 saturated carbocycles. The predicted octanol–water partition coefficient (Wildman–Crippen LogP) is 0.643. The Morgan fingerprint density at radius 3 is 2.69 bits per heavy atom. The standard InChI is InChI=1S/C6H5F2N3O.Ar/c7-6(8)1-3(6)4(12)5-9-2-10-11-5;/h2-3H,1H2,(H,9,10,11);. The number of aromatic amines is 1. The Morgan fingerprint density at radius 2 is 2.31 bits per heavy atom. The van der Waals surface area contributed by atoms with E-state index in [0.29, 0.717) is 0 Å². The maximum Gasteiger partial charge on any atom is 0.259 e. The predicted molar refractivity (Wildman–Crippen MR) is 33.8 cm³/mol. The fraction of sp³-hybridized carbons (Fsp3) is 0.500. The van der Waals surface area contributed by atoms with Gasteiger partial charge in [-0.25, -0.2) is 13.8 Å². The van der Waals surface area contributed by atoms with Gasteiger partial charge in [0.15, 0.2) is 5.82 Å². The molecule has 1 aliphatic rings.